The zero-order valence-corrected chi connectivity index (χ0v) is 10.5. The Morgan fingerprint density at radius 1 is 1.26 bits per heavy atom. The second kappa shape index (κ2) is 4.83. The normalized spacial score (nSPS) is 23.6. The van der Waals surface area contributed by atoms with Crippen LogP contribution in [0.5, 0.6) is 0 Å². The number of alkyl halides is 3. The summed E-state index contributed by atoms with van der Waals surface area (Å²) in [5.41, 5.74) is -0.676. The molecule has 2 rings (SSSR count). The van der Waals surface area contributed by atoms with E-state index in [-0.39, 0.29) is 5.78 Å². The zero-order valence-electron chi connectivity index (χ0n) is 10.5. The fourth-order valence-electron chi connectivity index (χ4n) is 2.79. The Kier molecular flexibility index (Phi) is 3.52. The summed E-state index contributed by atoms with van der Waals surface area (Å²) in [5.74, 6) is 0.104. The van der Waals surface area contributed by atoms with Gasteiger partial charge in [-0.1, -0.05) is 18.2 Å². The highest BCUT2D eigenvalue weighted by Crippen LogP contribution is 2.42. The first kappa shape index (κ1) is 13.8. The predicted octanol–water partition coefficient (Wildman–Crippen LogP) is 4.27. The van der Waals surface area contributed by atoms with Crippen LogP contribution in [0.15, 0.2) is 36.9 Å². The van der Waals surface area contributed by atoms with Crippen molar-refractivity contribution in [3.63, 3.8) is 0 Å². The number of Topliss-reactive ketones (excluding diaryl/α,β-unsaturated/α-hetero) is 1. The van der Waals surface area contributed by atoms with Crippen molar-refractivity contribution in [2.45, 2.75) is 37.3 Å². The average Bonchev–Trinajstić information content (AvgIpc) is 2.72. The number of carbonyl (C=O) groups is 1. The Morgan fingerprint density at radius 2 is 1.89 bits per heavy atom. The molecule has 0 unspecified atom stereocenters. The van der Waals surface area contributed by atoms with E-state index in [2.05, 4.69) is 6.58 Å². The second-order valence-corrected chi connectivity index (χ2v) is 4.93. The molecule has 0 bridgehead atoms. The van der Waals surface area contributed by atoms with Gasteiger partial charge in [-0.05, 0) is 37.0 Å². The summed E-state index contributed by atoms with van der Waals surface area (Å²) in [6, 6.07) is 4.95. The van der Waals surface area contributed by atoms with E-state index in [0.717, 1.165) is 18.6 Å². The van der Waals surface area contributed by atoms with Gasteiger partial charge in [0, 0.05) is 6.42 Å². The van der Waals surface area contributed by atoms with Crippen LogP contribution < -0.4 is 0 Å². The molecular weight excluding hydrogens is 253 g/mol. The fourth-order valence-corrected chi connectivity index (χ4v) is 2.79. The lowest BCUT2D eigenvalue weighted by Gasteiger charge is -2.27. The van der Waals surface area contributed by atoms with Crippen LogP contribution in [0.1, 0.15) is 36.8 Å². The minimum absolute atomic E-state index is 0.104. The van der Waals surface area contributed by atoms with E-state index in [1.54, 1.807) is 6.08 Å². The third kappa shape index (κ3) is 2.44. The van der Waals surface area contributed by atoms with Gasteiger partial charge in [0.2, 0.25) is 0 Å². The average molecular weight is 268 g/mol. The topological polar surface area (TPSA) is 17.1 Å². The number of hydrogen-bond acceptors (Lipinski definition) is 1. The lowest BCUT2D eigenvalue weighted by molar-refractivity contribution is -0.137. The highest BCUT2D eigenvalue weighted by molar-refractivity contribution is 5.92. The summed E-state index contributed by atoms with van der Waals surface area (Å²) in [5, 5.41) is 0. The van der Waals surface area contributed by atoms with E-state index in [0.29, 0.717) is 24.8 Å². The molecule has 0 N–H and O–H groups in total. The monoisotopic (exact) mass is 268 g/mol. The Labute approximate surface area is 110 Å². The van der Waals surface area contributed by atoms with Gasteiger partial charge >= 0.3 is 6.18 Å². The maximum Gasteiger partial charge on any atom is 0.416 e. The summed E-state index contributed by atoms with van der Waals surface area (Å²) in [4.78, 5) is 12.1. The first-order valence-corrected chi connectivity index (χ1v) is 6.22. The van der Waals surface area contributed by atoms with Gasteiger partial charge in [0.05, 0.1) is 11.0 Å². The van der Waals surface area contributed by atoms with Crippen LogP contribution in [0.2, 0.25) is 0 Å². The first-order valence-electron chi connectivity index (χ1n) is 6.22. The van der Waals surface area contributed by atoms with Gasteiger partial charge in [0.1, 0.15) is 5.78 Å². The van der Waals surface area contributed by atoms with Crippen molar-refractivity contribution in [2.75, 3.05) is 0 Å². The van der Waals surface area contributed by atoms with Crippen molar-refractivity contribution in [1.29, 1.82) is 0 Å². The molecule has 0 spiro atoms. The van der Waals surface area contributed by atoms with Crippen LogP contribution in [0.25, 0.3) is 0 Å². The van der Waals surface area contributed by atoms with Crippen LogP contribution in [-0.2, 0) is 16.4 Å². The molecule has 1 nitrogen and oxygen atoms in total. The third-order valence-electron chi connectivity index (χ3n) is 3.80. The molecule has 0 aromatic heterocycles. The molecule has 1 atom stereocenters. The van der Waals surface area contributed by atoms with Gasteiger partial charge in [-0.3, -0.25) is 4.79 Å². The molecule has 4 heteroatoms. The van der Waals surface area contributed by atoms with E-state index in [1.807, 2.05) is 0 Å². The Balaban J connectivity index is 2.39. The van der Waals surface area contributed by atoms with Crippen molar-refractivity contribution in [3.05, 3.63) is 48.0 Å². The summed E-state index contributed by atoms with van der Waals surface area (Å²) in [7, 11) is 0. The van der Waals surface area contributed by atoms with Gasteiger partial charge in [0.25, 0.3) is 0 Å². The lowest BCUT2D eigenvalue weighted by atomic mass is 9.75. The van der Waals surface area contributed by atoms with E-state index in [9.17, 15) is 18.0 Å². The Hall–Kier alpha value is -1.58. The second-order valence-electron chi connectivity index (χ2n) is 4.93. The van der Waals surface area contributed by atoms with Gasteiger partial charge < -0.3 is 0 Å². The fraction of sp³-hybridized carbons (Fsp3) is 0.400. The SMILES string of the molecule is C=CC[C@]1(c2ccc(C(F)(F)F)cc2)CCCC1=O. The smallest absolute Gasteiger partial charge is 0.299 e. The molecule has 1 aromatic rings. The molecule has 1 aromatic carbocycles. The van der Waals surface area contributed by atoms with Gasteiger partial charge in [-0.25, -0.2) is 0 Å². The van der Waals surface area contributed by atoms with Crippen molar-refractivity contribution >= 4 is 5.78 Å². The van der Waals surface area contributed by atoms with Crippen molar-refractivity contribution in [1.82, 2.24) is 0 Å². The minimum Gasteiger partial charge on any atom is -0.299 e. The molecule has 1 saturated carbocycles. The summed E-state index contributed by atoms with van der Waals surface area (Å²) < 4.78 is 37.6. The van der Waals surface area contributed by atoms with E-state index < -0.39 is 17.2 Å². The molecular formula is C15H15F3O. The van der Waals surface area contributed by atoms with Gasteiger partial charge in [-0.2, -0.15) is 13.2 Å². The van der Waals surface area contributed by atoms with Crippen molar-refractivity contribution in [2.24, 2.45) is 0 Å². The standard InChI is InChI=1S/C15H15F3O/c1-2-9-14(10-3-4-13(14)19)11-5-7-12(8-6-11)15(16,17)18/h2,5-8H,1,3-4,9-10H2/t14-/m1/s1. The highest BCUT2D eigenvalue weighted by atomic mass is 19.4. The largest absolute Gasteiger partial charge is 0.416 e. The van der Waals surface area contributed by atoms with E-state index in [4.69, 9.17) is 0 Å². The number of allylic oxidation sites excluding steroid dienone is 1. The minimum atomic E-state index is -4.34. The predicted molar refractivity (Wildman–Crippen MR) is 66.8 cm³/mol. The summed E-state index contributed by atoms with van der Waals surface area (Å²) >= 11 is 0. The lowest BCUT2D eigenvalue weighted by Crippen LogP contribution is -2.30. The molecule has 102 valence electrons. The molecule has 0 heterocycles. The summed E-state index contributed by atoms with van der Waals surface area (Å²) in [6.45, 7) is 3.65. The number of ketones is 1. The maximum absolute atomic E-state index is 12.5. The molecule has 1 aliphatic carbocycles. The number of halogens is 3. The van der Waals surface area contributed by atoms with Crippen LogP contribution in [-0.4, -0.2) is 5.78 Å². The molecule has 0 aliphatic heterocycles. The van der Waals surface area contributed by atoms with Gasteiger partial charge in [0.15, 0.2) is 0 Å². The molecule has 1 fully saturated rings. The third-order valence-corrected chi connectivity index (χ3v) is 3.80. The molecule has 0 amide bonds. The Morgan fingerprint density at radius 3 is 2.32 bits per heavy atom. The van der Waals surface area contributed by atoms with Crippen LogP contribution in [0, 0.1) is 0 Å². The Bertz CT molecular complexity index is 487. The quantitative estimate of drug-likeness (QED) is 0.748. The first-order chi connectivity index (χ1) is 8.90. The van der Waals surface area contributed by atoms with E-state index in [1.165, 1.54) is 12.1 Å². The summed E-state index contributed by atoms with van der Waals surface area (Å²) in [6.07, 6.45) is -0.228. The van der Waals surface area contributed by atoms with Crippen LogP contribution in [0.4, 0.5) is 13.2 Å². The number of carbonyl (C=O) groups excluding carboxylic acids is 1. The van der Waals surface area contributed by atoms with Crippen molar-refractivity contribution in [3.8, 4) is 0 Å². The van der Waals surface area contributed by atoms with Crippen LogP contribution in [0.3, 0.4) is 0 Å². The maximum atomic E-state index is 12.5. The van der Waals surface area contributed by atoms with Gasteiger partial charge in [-0.15, -0.1) is 6.58 Å². The molecule has 0 radical (unpaired) electrons. The number of hydrogen-bond donors (Lipinski definition) is 0. The highest BCUT2D eigenvalue weighted by Gasteiger charge is 2.42. The molecule has 0 saturated heterocycles. The number of benzene rings is 1. The zero-order chi connectivity index (χ0) is 14.1. The van der Waals surface area contributed by atoms with Crippen molar-refractivity contribution < 1.29 is 18.0 Å². The molecule has 1 aliphatic rings. The van der Waals surface area contributed by atoms with Crippen LogP contribution >= 0.6 is 0 Å². The number of rotatable bonds is 3. The van der Waals surface area contributed by atoms with E-state index >= 15 is 0 Å². The molecule has 19 heavy (non-hydrogen) atoms.